The van der Waals surface area contributed by atoms with Crippen molar-refractivity contribution in [2.75, 3.05) is 0 Å². The molecule has 0 fully saturated rings. The van der Waals surface area contributed by atoms with Gasteiger partial charge in [-0.05, 0) is 77.5 Å². The van der Waals surface area contributed by atoms with E-state index in [2.05, 4.69) is 183 Å². The van der Waals surface area contributed by atoms with E-state index in [0.29, 0.717) is 22.2 Å². The largest absolute Gasteiger partial charge is 0.361 e. The van der Waals surface area contributed by atoms with E-state index in [9.17, 15) is 0 Å². The van der Waals surface area contributed by atoms with Crippen LogP contribution in [0.25, 0.3) is 10.9 Å². The van der Waals surface area contributed by atoms with Gasteiger partial charge in [0.1, 0.15) is 0 Å². The molecule has 0 amide bonds. The molecule has 3 heteroatoms. The van der Waals surface area contributed by atoms with Crippen LogP contribution in [-0.4, -0.2) is 15.0 Å². The Morgan fingerprint density at radius 2 is 1.08 bits per heavy atom. The second kappa shape index (κ2) is 22.2. The maximum absolute atomic E-state index is 3.92. The van der Waals surface area contributed by atoms with Gasteiger partial charge in [0.05, 0.1) is 6.33 Å². The molecular weight excluding hydrogens is 595 g/mol. The summed E-state index contributed by atoms with van der Waals surface area (Å²) >= 11 is 0. The highest BCUT2D eigenvalue weighted by molar-refractivity contribution is 5.83. The van der Waals surface area contributed by atoms with E-state index in [4.69, 9.17) is 0 Å². The molecule has 0 radical (unpaired) electrons. The average Bonchev–Trinajstić information content (AvgIpc) is 3.59. The van der Waals surface area contributed by atoms with Crippen molar-refractivity contribution in [3.8, 4) is 0 Å². The summed E-state index contributed by atoms with van der Waals surface area (Å²) in [7, 11) is 0. The minimum absolute atomic E-state index is 0. The van der Waals surface area contributed by atoms with Gasteiger partial charge in [-0.3, -0.25) is 0 Å². The molecule has 49 heavy (non-hydrogen) atoms. The van der Waals surface area contributed by atoms with Crippen LogP contribution in [0.2, 0.25) is 0 Å². The maximum atomic E-state index is 3.92. The Hall–Kier alpha value is -3.59. The monoisotopic (exact) mass is 670 g/mol. The third kappa shape index (κ3) is 21.9. The molecule has 0 aliphatic rings. The molecule has 5 aromatic rings. The lowest BCUT2D eigenvalue weighted by Crippen LogP contribution is -2.08. The van der Waals surface area contributed by atoms with Crippen molar-refractivity contribution < 1.29 is 0 Å². The molecule has 0 atom stereocenters. The number of aromatic amines is 2. The summed E-state index contributed by atoms with van der Waals surface area (Å²) in [5, 5.41) is 1.36. The van der Waals surface area contributed by atoms with Crippen molar-refractivity contribution in [1.29, 1.82) is 0 Å². The second-order valence-corrected chi connectivity index (χ2v) is 16.7. The Balaban J connectivity index is 0. The number of aryl methyl sites for hydroxylation is 1. The zero-order valence-corrected chi connectivity index (χ0v) is 31.1. The third-order valence-electron chi connectivity index (χ3n) is 7.01. The van der Waals surface area contributed by atoms with E-state index < -0.39 is 0 Å². The smallest absolute Gasteiger partial charge is 0.0921 e. The van der Waals surface area contributed by atoms with Crippen LogP contribution < -0.4 is 0 Å². The van der Waals surface area contributed by atoms with E-state index in [1.165, 1.54) is 38.9 Å². The second-order valence-electron chi connectivity index (χ2n) is 16.7. The van der Waals surface area contributed by atoms with Crippen LogP contribution in [0.5, 0.6) is 0 Å². The molecule has 0 aliphatic carbocycles. The molecule has 5 rings (SSSR count). The van der Waals surface area contributed by atoms with E-state index in [-0.39, 0.29) is 22.3 Å². The summed E-state index contributed by atoms with van der Waals surface area (Å²) in [5.74, 6) is 0.713. The highest BCUT2D eigenvalue weighted by Gasteiger charge is 2.14. The summed E-state index contributed by atoms with van der Waals surface area (Å²) in [6.07, 6.45) is 10.3. The predicted octanol–water partition coefficient (Wildman–Crippen LogP) is 14.1. The minimum Gasteiger partial charge on any atom is -0.361 e. The molecule has 0 bridgehead atoms. The summed E-state index contributed by atoms with van der Waals surface area (Å²) < 4.78 is 0. The SMILES string of the molecule is C.C.C.CC(C)(C)Cc1c[nH]c2ccccc12.CC(C)(C)Cc1ccccc1.CC(C)Cc1cnc[nH]1.Cc1ccc(CC(C)(C)C)cc1. The van der Waals surface area contributed by atoms with Crippen molar-refractivity contribution >= 4 is 10.9 Å². The quantitative estimate of drug-likeness (QED) is 0.192. The van der Waals surface area contributed by atoms with Crippen molar-refractivity contribution in [3.63, 3.8) is 0 Å². The molecule has 0 spiro atoms. The lowest BCUT2D eigenvalue weighted by molar-refractivity contribution is 0.411. The van der Waals surface area contributed by atoms with Crippen molar-refractivity contribution in [1.82, 2.24) is 15.0 Å². The molecular formula is C46H75N3. The van der Waals surface area contributed by atoms with E-state index in [1.807, 2.05) is 6.20 Å². The van der Waals surface area contributed by atoms with Gasteiger partial charge >= 0.3 is 0 Å². The molecule has 2 heterocycles. The molecule has 0 saturated carbocycles. The first-order valence-electron chi connectivity index (χ1n) is 17.0. The number of hydrogen-bond acceptors (Lipinski definition) is 1. The van der Waals surface area contributed by atoms with Gasteiger partial charge in [0.2, 0.25) is 0 Å². The van der Waals surface area contributed by atoms with Gasteiger partial charge in [-0.2, -0.15) is 0 Å². The number of hydrogen-bond donors (Lipinski definition) is 2. The van der Waals surface area contributed by atoms with E-state index in [0.717, 1.165) is 25.7 Å². The Bertz CT molecular complexity index is 1490. The van der Waals surface area contributed by atoms with Crippen LogP contribution in [0.15, 0.2) is 97.6 Å². The zero-order valence-electron chi connectivity index (χ0n) is 31.1. The number of benzene rings is 3. The van der Waals surface area contributed by atoms with Crippen LogP contribution in [0.4, 0.5) is 0 Å². The topological polar surface area (TPSA) is 44.5 Å². The Kier molecular flexibility index (Phi) is 21.5. The first-order chi connectivity index (χ1) is 21.4. The lowest BCUT2D eigenvalue weighted by atomic mass is 9.88. The Morgan fingerprint density at radius 3 is 1.55 bits per heavy atom. The number of rotatable bonds is 5. The molecule has 0 aliphatic heterocycles. The number of H-pyrrole nitrogens is 2. The number of nitrogens with zero attached hydrogens (tertiary/aromatic N) is 1. The fourth-order valence-corrected chi connectivity index (χ4v) is 5.21. The fourth-order valence-electron chi connectivity index (χ4n) is 5.21. The minimum atomic E-state index is 0. The average molecular weight is 670 g/mol. The van der Waals surface area contributed by atoms with E-state index >= 15 is 0 Å². The summed E-state index contributed by atoms with van der Waals surface area (Å²) in [6.45, 7) is 26.9. The van der Waals surface area contributed by atoms with Crippen LogP contribution >= 0.6 is 0 Å². The van der Waals surface area contributed by atoms with Gasteiger partial charge in [-0.1, -0.05) is 177 Å². The summed E-state index contributed by atoms with van der Waals surface area (Å²) in [4.78, 5) is 10.3. The standard InChI is InChI=1S/C13H17N.C12H18.C11H16.C7H12N2.3CH4/c1-13(2,3)8-10-9-14-12-7-5-4-6-11(10)12;1-10-5-7-11(8-6-10)9-12(2,3)4;1-11(2,3)9-10-7-5-4-6-8-10;1-6(2)3-7-4-8-5-9-7;;;/h4-7,9,14H,8H2,1-3H3;5-8H,9H2,1-4H3;4-8H,9H2,1-3H3;4-6H,3H2,1-2H3,(H,8,9);3*1H4. The summed E-state index contributed by atoms with van der Waals surface area (Å²) in [5.41, 5.74) is 9.26. The molecule has 0 saturated heterocycles. The number of aromatic nitrogens is 3. The van der Waals surface area contributed by atoms with Gasteiger partial charge in [-0.15, -0.1) is 0 Å². The van der Waals surface area contributed by atoms with Gasteiger partial charge in [0, 0.05) is 29.0 Å². The molecule has 3 nitrogen and oxygen atoms in total. The van der Waals surface area contributed by atoms with Crippen LogP contribution in [0.1, 0.15) is 126 Å². The van der Waals surface area contributed by atoms with E-state index in [1.54, 1.807) is 6.33 Å². The van der Waals surface area contributed by atoms with Gasteiger partial charge in [0.25, 0.3) is 0 Å². The molecule has 274 valence electrons. The zero-order chi connectivity index (χ0) is 34.4. The van der Waals surface area contributed by atoms with Crippen LogP contribution in [0, 0.1) is 29.1 Å². The third-order valence-corrected chi connectivity index (χ3v) is 7.01. The molecule has 2 aromatic heterocycles. The van der Waals surface area contributed by atoms with Gasteiger partial charge in [-0.25, -0.2) is 4.98 Å². The first kappa shape index (κ1) is 47.5. The Morgan fingerprint density at radius 1 is 0.592 bits per heavy atom. The van der Waals surface area contributed by atoms with Crippen molar-refractivity contribution in [3.05, 3.63) is 126 Å². The van der Waals surface area contributed by atoms with Gasteiger partial charge in [0.15, 0.2) is 0 Å². The van der Waals surface area contributed by atoms with Crippen molar-refractivity contribution in [2.24, 2.45) is 22.2 Å². The molecule has 0 unspecified atom stereocenters. The number of fused-ring (bicyclic) bond motifs is 1. The molecule has 3 aromatic carbocycles. The van der Waals surface area contributed by atoms with Crippen molar-refractivity contribution in [2.45, 2.75) is 131 Å². The Labute approximate surface area is 303 Å². The normalized spacial score (nSPS) is 10.9. The predicted molar refractivity (Wildman–Crippen MR) is 223 cm³/mol. The number of para-hydroxylation sites is 1. The fraction of sp³-hybridized carbons (Fsp3) is 0.500. The number of imidazole rings is 1. The van der Waals surface area contributed by atoms with Gasteiger partial charge < -0.3 is 9.97 Å². The summed E-state index contributed by atoms with van der Waals surface area (Å²) in [6, 6.07) is 27.9. The molecule has 2 N–H and O–H groups in total. The van der Waals surface area contributed by atoms with Crippen LogP contribution in [0.3, 0.4) is 0 Å². The number of nitrogens with one attached hydrogen (secondary N) is 2. The highest BCUT2D eigenvalue weighted by atomic mass is 14.9. The lowest BCUT2D eigenvalue weighted by Gasteiger charge is -2.17. The van der Waals surface area contributed by atoms with Crippen LogP contribution in [-0.2, 0) is 25.7 Å². The maximum Gasteiger partial charge on any atom is 0.0921 e. The highest BCUT2D eigenvalue weighted by Crippen LogP contribution is 2.26. The first-order valence-corrected chi connectivity index (χ1v) is 17.0.